The van der Waals surface area contributed by atoms with E-state index in [0.29, 0.717) is 23.8 Å². The summed E-state index contributed by atoms with van der Waals surface area (Å²) in [5, 5.41) is 36.1. The number of carbonyl (C=O) groups is 4. The van der Waals surface area contributed by atoms with Gasteiger partial charge in [0.05, 0.1) is 0 Å². The first kappa shape index (κ1) is 29.2. The van der Waals surface area contributed by atoms with E-state index in [9.17, 15) is 24.3 Å². The number of anilines is 1. The first-order valence-corrected chi connectivity index (χ1v) is 14.3. The monoisotopic (exact) mass is 613 g/mol. The van der Waals surface area contributed by atoms with Gasteiger partial charge in [0.1, 0.15) is 17.1 Å². The molecule has 7 N–H and O–H groups in total. The topological polar surface area (TPSA) is 267 Å². The lowest BCUT2D eigenvalue weighted by Crippen LogP contribution is -2.71. The van der Waals surface area contributed by atoms with Gasteiger partial charge in [-0.25, -0.2) is 14.3 Å². The highest BCUT2D eigenvalue weighted by atomic mass is 32.2. The number of nitrogens with one attached hydrogen (secondary N) is 1. The van der Waals surface area contributed by atoms with Crippen molar-refractivity contribution in [2.75, 3.05) is 30.4 Å². The van der Waals surface area contributed by atoms with E-state index >= 15 is 0 Å². The van der Waals surface area contributed by atoms with Gasteiger partial charge >= 0.3 is 11.9 Å². The van der Waals surface area contributed by atoms with Crippen LogP contribution in [-0.4, -0.2) is 110 Å². The molecule has 18 nitrogen and oxygen atoms in total. The molecule has 2 aliphatic rings. The second-order valence-electron chi connectivity index (χ2n) is 8.15. The van der Waals surface area contributed by atoms with Crippen molar-refractivity contribution in [1.82, 2.24) is 39.8 Å². The fraction of sp³-hybridized carbons (Fsp3) is 0.474. The molecule has 2 atom stereocenters. The number of rotatable bonds is 14. The molecule has 0 aromatic carbocycles. The van der Waals surface area contributed by atoms with Crippen molar-refractivity contribution in [3.63, 3.8) is 0 Å². The standard InChI is InChI=1S/C19H23N11O7S3/c20-3-1-2-4-29-19(24-27-28-29)39-7-8-6-38-16-11(15(34)30(16)12(8)17(35)36)22-14(33)10(25-37-5-9(31)32)13-23-18(21)40-26-13/h11,16H,1-7,20H2,(H,22,33)(H,31,32)(H,35,36)(H2,21,23,26)/b25-10+. The molecule has 1 fully saturated rings. The van der Waals surface area contributed by atoms with E-state index in [1.54, 1.807) is 4.68 Å². The molecule has 0 spiro atoms. The number of nitrogens with two attached hydrogens (primary N) is 2. The number of fused-ring (bicyclic) bond motifs is 1. The number of thioether (sulfide) groups is 2. The van der Waals surface area contributed by atoms with Crippen LogP contribution in [0, 0.1) is 0 Å². The number of aryl methyl sites for hydroxylation is 1. The molecule has 2 aromatic rings. The van der Waals surface area contributed by atoms with Crippen LogP contribution in [0.1, 0.15) is 18.7 Å². The number of tetrazole rings is 1. The number of β-lactam (4-membered cyclic amide) rings is 1. The van der Waals surface area contributed by atoms with Gasteiger partial charge in [-0.15, -0.1) is 16.9 Å². The lowest BCUT2D eigenvalue weighted by molar-refractivity contribution is -0.150. The number of oxime groups is 1. The maximum absolute atomic E-state index is 13.0. The lowest BCUT2D eigenvalue weighted by Gasteiger charge is -2.49. The van der Waals surface area contributed by atoms with Crippen molar-refractivity contribution in [2.24, 2.45) is 10.9 Å². The number of unbranched alkanes of at least 4 members (excludes halogenated alkanes) is 1. The molecule has 2 unspecified atom stereocenters. The number of carboxylic acids is 2. The molecule has 4 heterocycles. The number of hydrogen-bond acceptors (Lipinski definition) is 16. The van der Waals surface area contributed by atoms with Crippen molar-refractivity contribution in [3.8, 4) is 0 Å². The minimum Gasteiger partial charge on any atom is -0.479 e. The third kappa shape index (κ3) is 6.48. The van der Waals surface area contributed by atoms with Gasteiger partial charge in [-0.1, -0.05) is 16.9 Å². The summed E-state index contributed by atoms with van der Waals surface area (Å²) in [6, 6.07) is -1.09. The minimum atomic E-state index is -1.33. The maximum Gasteiger partial charge on any atom is 0.352 e. The van der Waals surface area contributed by atoms with Crippen LogP contribution >= 0.6 is 35.1 Å². The Morgan fingerprint density at radius 2 is 2.08 bits per heavy atom. The SMILES string of the molecule is NCCCCn1nnnc1SCC1=C(C(=O)O)N2C(=O)C(NC(=O)/C(=N/OCC(=O)O)c3nsc(N)n3)C2SC1. The van der Waals surface area contributed by atoms with Crippen LogP contribution < -0.4 is 16.8 Å². The Hall–Kier alpha value is -3.82. The van der Waals surface area contributed by atoms with E-state index in [1.807, 2.05) is 0 Å². The Kier molecular flexibility index (Phi) is 9.50. The Morgan fingerprint density at radius 1 is 1.27 bits per heavy atom. The summed E-state index contributed by atoms with van der Waals surface area (Å²) >= 11 is 3.30. The van der Waals surface area contributed by atoms with Gasteiger partial charge in [0, 0.05) is 29.6 Å². The van der Waals surface area contributed by atoms with Crippen LogP contribution in [0.3, 0.4) is 0 Å². The van der Waals surface area contributed by atoms with Crippen LogP contribution in [0.2, 0.25) is 0 Å². The number of hydrogen-bond donors (Lipinski definition) is 5. The van der Waals surface area contributed by atoms with E-state index < -0.39 is 47.5 Å². The highest BCUT2D eigenvalue weighted by Crippen LogP contribution is 2.41. The molecular weight excluding hydrogens is 590 g/mol. The predicted octanol–water partition coefficient (Wildman–Crippen LogP) is -1.82. The summed E-state index contributed by atoms with van der Waals surface area (Å²) in [5.74, 6) is -3.90. The molecular formula is C19H23N11O7S3. The fourth-order valence-electron chi connectivity index (χ4n) is 3.67. The third-order valence-electron chi connectivity index (χ3n) is 5.45. The molecule has 2 aliphatic heterocycles. The number of amides is 2. The van der Waals surface area contributed by atoms with Crippen LogP contribution in [0.15, 0.2) is 21.6 Å². The predicted molar refractivity (Wildman–Crippen MR) is 141 cm³/mol. The third-order valence-corrected chi connectivity index (χ3v) is 8.37. The van der Waals surface area contributed by atoms with Gasteiger partial charge in [-0.05, 0) is 35.4 Å². The van der Waals surface area contributed by atoms with Crippen molar-refractivity contribution < 1.29 is 34.2 Å². The van der Waals surface area contributed by atoms with E-state index in [-0.39, 0.29) is 28.2 Å². The zero-order chi connectivity index (χ0) is 28.8. The van der Waals surface area contributed by atoms with Gasteiger partial charge in [-0.2, -0.15) is 9.36 Å². The quantitative estimate of drug-likeness (QED) is 0.0516. The lowest BCUT2D eigenvalue weighted by atomic mass is 10.0. The zero-order valence-corrected chi connectivity index (χ0v) is 22.9. The number of aliphatic carboxylic acids is 2. The summed E-state index contributed by atoms with van der Waals surface area (Å²) in [6.45, 7) is 0.278. The highest BCUT2D eigenvalue weighted by molar-refractivity contribution is 8.01. The molecule has 2 amide bonds. The average Bonchev–Trinajstić information content (AvgIpc) is 3.56. The van der Waals surface area contributed by atoms with E-state index in [0.717, 1.165) is 29.3 Å². The summed E-state index contributed by atoms with van der Waals surface area (Å²) in [5.41, 5.74) is 10.9. The van der Waals surface area contributed by atoms with E-state index in [2.05, 4.69) is 40.2 Å². The molecule has 2 aromatic heterocycles. The summed E-state index contributed by atoms with van der Waals surface area (Å²) in [7, 11) is 0. The van der Waals surface area contributed by atoms with Gasteiger partial charge in [0.15, 0.2) is 5.13 Å². The van der Waals surface area contributed by atoms with E-state index in [4.69, 9.17) is 16.6 Å². The first-order valence-electron chi connectivity index (χ1n) is 11.5. The van der Waals surface area contributed by atoms with Crippen LogP contribution in [0.5, 0.6) is 0 Å². The van der Waals surface area contributed by atoms with Crippen molar-refractivity contribution in [1.29, 1.82) is 0 Å². The van der Waals surface area contributed by atoms with Crippen LogP contribution in [-0.2, 0) is 30.6 Å². The Morgan fingerprint density at radius 3 is 2.75 bits per heavy atom. The second kappa shape index (κ2) is 13.0. The normalized spacial score (nSPS) is 18.8. The molecule has 0 saturated carbocycles. The molecule has 4 rings (SSSR count). The number of aromatic nitrogens is 6. The summed E-state index contributed by atoms with van der Waals surface area (Å²) < 4.78 is 5.49. The highest BCUT2D eigenvalue weighted by Gasteiger charge is 2.54. The first-order chi connectivity index (χ1) is 19.2. The van der Waals surface area contributed by atoms with Crippen molar-refractivity contribution >= 4 is 69.7 Å². The van der Waals surface area contributed by atoms with Crippen LogP contribution in [0.4, 0.5) is 5.13 Å². The molecule has 40 heavy (non-hydrogen) atoms. The molecule has 1 saturated heterocycles. The van der Waals surface area contributed by atoms with Crippen molar-refractivity contribution in [2.45, 2.75) is 36.0 Å². The molecule has 21 heteroatoms. The van der Waals surface area contributed by atoms with Crippen molar-refractivity contribution in [3.05, 3.63) is 17.1 Å². The molecule has 0 aliphatic carbocycles. The minimum absolute atomic E-state index is 0.0219. The average molecular weight is 614 g/mol. The van der Waals surface area contributed by atoms with Gasteiger partial charge in [0.25, 0.3) is 11.8 Å². The van der Waals surface area contributed by atoms with E-state index in [1.165, 1.54) is 23.5 Å². The number of nitrogen functional groups attached to an aromatic ring is 1. The Bertz CT molecular complexity index is 1360. The Balaban J connectivity index is 1.45. The van der Waals surface area contributed by atoms with Gasteiger partial charge < -0.3 is 31.8 Å². The van der Waals surface area contributed by atoms with Gasteiger partial charge in [0.2, 0.25) is 23.3 Å². The molecule has 0 bridgehead atoms. The smallest absolute Gasteiger partial charge is 0.352 e. The van der Waals surface area contributed by atoms with Gasteiger partial charge in [-0.3, -0.25) is 14.5 Å². The second-order valence-corrected chi connectivity index (χ2v) is 11.0. The number of nitrogens with zero attached hydrogens (tertiary/aromatic N) is 8. The summed E-state index contributed by atoms with van der Waals surface area (Å²) in [4.78, 5) is 58.6. The Labute approximate surface area is 237 Å². The number of carboxylic acid groups (broad SMARTS) is 2. The fourth-order valence-corrected chi connectivity index (χ4v) is 6.49. The largest absolute Gasteiger partial charge is 0.479 e. The number of carbonyl (C=O) groups excluding carboxylic acids is 2. The summed E-state index contributed by atoms with van der Waals surface area (Å²) in [6.07, 6.45) is 1.59. The van der Waals surface area contributed by atoms with Crippen LogP contribution in [0.25, 0.3) is 0 Å². The maximum atomic E-state index is 13.0. The zero-order valence-electron chi connectivity index (χ0n) is 20.5. The molecule has 0 radical (unpaired) electrons. The molecule has 214 valence electrons.